The van der Waals surface area contributed by atoms with Gasteiger partial charge in [0.25, 0.3) is 0 Å². The van der Waals surface area contributed by atoms with E-state index in [1.54, 1.807) is 0 Å². The molecule has 0 spiro atoms. The van der Waals surface area contributed by atoms with Crippen LogP contribution in [0.1, 0.15) is 30.0 Å². The van der Waals surface area contributed by atoms with Crippen molar-refractivity contribution in [2.24, 2.45) is 0 Å². The normalized spacial score (nSPS) is 12.4. The molecule has 1 atom stereocenters. The Balaban J connectivity index is 1.75. The zero-order valence-corrected chi connectivity index (χ0v) is 13.7. The van der Waals surface area contributed by atoms with E-state index in [0.29, 0.717) is 6.61 Å². The van der Waals surface area contributed by atoms with Gasteiger partial charge >= 0.3 is 0 Å². The van der Waals surface area contributed by atoms with Gasteiger partial charge in [-0.25, -0.2) is 0 Å². The molecular formula is C16H20BrNO2. The molecule has 0 fully saturated rings. The van der Waals surface area contributed by atoms with Crippen molar-refractivity contribution in [2.75, 3.05) is 13.2 Å². The van der Waals surface area contributed by atoms with Crippen molar-refractivity contribution in [3.05, 3.63) is 51.9 Å². The Morgan fingerprint density at radius 3 is 2.55 bits per heavy atom. The van der Waals surface area contributed by atoms with Crippen LogP contribution in [0.2, 0.25) is 0 Å². The molecule has 1 heterocycles. The highest BCUT2D eigenvalue weighted by Crippen LogP contribution is 2.21. The Hall–Kier alpha value is -1.26. The Morgan fingerprint density at radius 1 is 1.25 bits per heavy atom. The molecule has 1 unspecified atom stereocenters. The second kappa shape index (κ2) is 6.95. The highest BCUT2D eigenvalue weighted by molar-refractivity contribution is 9.10. The van der Waals surface area contributed by atoms with Crippen LogP contribution in [0.4, 0.5) is 0 Å². The number of nitrogens with one attached hydrogen (secondary N) is 1. The quantitative estimate of drug-likeness (QED) is 0.794. The minimum absolute atomic E-state index is 0.265. The molecule has 0 saturated heterocycles. The van der Waals surface area contributed by atoms with Crippen LogP contribution in [0.3, 0.4) is 0 Å². The summed E-state index contributed by atoms with van der Waals surface area (Å²) in [7, 11) is 0. The van der Waals surface area contributed by atoms with E-state index in [9.17, 15) is 0 Å². The Labute approximate surface area is 128 Å². The highest BCUT2D eigenvalue weighted by Gasteiger charge is 2.11. The van der Waals surface area contributed by atoms with Crippen LogP contribution in [0.25, 0.3) is 0 Å². The molecule has 3 nitrogen and oxygen atoms in total. The molecule has 0 aliphatic heterocycles. The minimum Gasteiger partial charge on any atom is -0.492 e. The summed E-state index contributed by atoms with van der Waals surface area (Å²) in [5.41, 5.74) is 1.21. The van der Waals surface area contributed by atoms with Crippen LogP contribution >= 0.6 is 15.9 Å². The van der Waals surface area contributed by atoms with E-state index >= 15 is 0 Å². The monoisotopic (exact) mass is 337 g/mol. The fourth-order valence-corrected chi connectivity index (χ4v) is 2.43. The third-order valence-electron chi connectivity index (χ3n) is 3.18. The predicted octanol–water partition coefficient (Wildman–Crippen LogP) is 4.39. The van der Waals surface area contributed by atoms with Gasteiger partial charge in [-0.15, -0.1) is 0 Å². The Bertz CT molecular complexity index is 548. The maximum atomic E-state index is 5.68. The summed E-state index contributed by atoms with van der Waals surface area (Å²) < 4.78 is 12.3. The molecule has 0 aliphatic rings. The maximum Gasteiger partial charge on any atom is 0.119 e. The average molecular weight is 338 g/mol. The van der Waals surface area contributed by atoms with Crippen LogP contribution < -0.4 is 10.1 Å². The SMILES string of the molecule is Cc1cc(C(C)NCCOc2ccc(Br)cc2)c(C)o1. The Morgan fingerprint density at radius 2 is 1.95 bits per heavy atom. The van der Waals surface area contributed by atoms with Gasteiger partial charge in [-0.05, 0) is 51.1 Å². The molecule has 1 aromatic heterocycles. The van der Waals surface area contributed by atoms with Gasteiger partial charge in [-0.2, -0.15) is 0 Å². The number of halogens is 1. The number of hydrogen-bond acceptors (Lipinski definition) is 3. The predicted molar refractivity (Wildman–Crippen MR) is 84.2 cm³/mol. The van der Waals surface area contributed by atoms with E-state index in [1.165, 1.54) is 5.56 Å². The highest BCUT2D eigenvalue weighted by atomic mass is 79.9. The number of ether oxygens (including phenoxy) is 1. The van der Waals surface area contributed by atoms with Crippen LogP contribution in [-0.2, 0) is 0 Å². The molecular weight excluding hydrogens is 318 g/mol. The summed E-state index contributed by atoms with van der Waals surface area (Å²) in [6.45, 7) is 7.54. The van der Waals surface area contributed by atoms with Gasteiger partial charge in [-0.3, -0.25) is 0 Å². The van der Waals surface area contributed by atoms with E-state index in [1.807, 2.05) is 38.1 Å². The van der Waals surface area contributed by atoms with Gasteiger partial charge < -0.3 is 14.5 Å². The number of benzene rings is 1. The summed E-state index contributed by atoms with van der Waals surface area (Å²) in [6.07, 6.45) is 0. The summed E-state index contributed by atoms with van der Waals surface area (Å²) in [6, 6.07) is 10.2. The molecule has 0 bridgehead atoms. The fraction of sp³-hybridized carbons (Fsp3) is 0.375. The summed E-state index contributed by atoms with van der Waals surface area (Å²) >= 11 is 3.40. The van der Waals surface area contributed by atoms with Gasteiger partial charge in [-0.1, -0.05) is 15.9 Å². The first-order valence-electron chi connectivity index (χ1n) is 6.75. The van der Waals surface area contributed by atoms with Crippen molar-refractivity contribution >= 4 is 15.9 Å². The third-order valence-corrected chi connectivity index (χ3v) is 3.71. The molecule has 0 aliphatic carbocycles. The second-order valence-electron chi connectivity index (χ2n) is 4.85. The first kappa shape index (κ1) is 15.1. The lowest BCUT2D eigenvalue weighted by Crippen LogP contribution is -2.24. The van der Waals surface area contributed by atoms with E-state index in [4.69, 9.17) is 9.15 Å². The van der Waals surface area contributed by atoms with Crippen LogP contribution in [0.5, 0.6) is 5.75 Å². The van der Waals surface area contributed by atoms with Gasteiger partial charge in [0.05, 0.1) is 0 Å². The molecule has 2 rings (SSSR count). The van der Waals surface area contributed by atoms with Crippen molar-refractivity contribution < 1.29 is 9.15 Å². The van der Waals surface area contributed by atoms with Crippen molar-refractivity contribution in [3.63, 3.8) is 0 Å². The molecule has 1 N–H and O–H groups in total. The number of aryl methyl sites for hydroxylation is 2. The summed E-state index contributed by atoms with van der Waals surface area (Å²) in [5, 5.41) is 3.44. The van der Waals surface area contributed by atoms with Gasteiger partial charge in [0.1, 0.15) is 23.9 Å². The zero-order chi connectivity index (χ0) is 14.5. The largest absolute Gasteiger partial charge is 0.492 e. The zero-order valence-electron chi connectivity index (χ0n) is 12.1. The second-order valence-corrected chi connectivity index (χ2v) is 5.76. The van der Waals surface area contributed by atoms with Crippen LogP contribution in [0, 0.1) is 13.8 Å². The van der Waals surface area contributed by atoms with Crippen LogP contribution in [0.15, 0.2) is 39.2 Å². The number of rotatable bonds is 6. The molecule has 0 radical (unpaired) electrons. The molecule has 0 amide bonds. The van der Waals surface area contributed by atoms with Crippen molar-refractivity contribution in [2.45, 2.75) is 26.8 Å². The number of furan rings is 1. The first-order valence-corrected chi connectivity index (χ1v) is 7.54. The van der Waals surface area contributed by atoms with Crippen LogP contribution in [-0.4, -0.2) is 13.2 Å². The van der Waals surface area contributed by atoms with E-state index in [-0.39, 0.29) is 6.04 Å². The van der Waals surface area contributed by atoms with Crippen molar-refractivity contribution in [1.82, 2.24) is 5.32 Å². The molecule has 20 heavy (non-hydrogen) atoms. The average Bonchev–Trinajstić information content (AvgIpc) is 2.75. The molecule has 2 aromatic rings. The molecule has 0 saturated carbocycles. The molecule has 108 valence electrons. The lowest BCUT2D eigenvalue weighted by atomic mass is 10.1. The smallest absolute Gasteiger partial charge is 0.119 e. The third kappa shape index (κ3) is 4.12. The fourth-order valence-electron chi connectivity index (χ4n) is 2.17. The van der Waals surface area contributed by atoms with Crippen molar-refractivity contribution in [3.8, 4) is 5.75 Å². The summed E-state index contributed by atoms with van der Waals surface area (Å²) in [5.74, 6) is 2.83. The van der Waals surface area contributed by atoms with Gasteiger partial charge in [0, 0.05) is 22.6 Å². The van der Waals surface area contributed by atoms with Crippen molar-refractivity contribution in [1.29, 1.82) is 0 Å². The number of hydrogen-bond donors (Lipinski definition) is 1. The Kier molecular flexibility index (Phi) is 5.26. The standard InChI is InChI=1S/C16H20BrNO2/c1-11-10-16(13(3)20-11)12(2)18-8-9-19-15-6-4-14(17)5-7-15/h4-7,10,12,18H,8-9H2,1-3H3. The lowest BCUT2D eigenvalue weighted by molar-refractivity contribution is 0.307. The minimum atomic E-state index is 0.265. The van der Waals surface area contributed by atoms with E-state index < -0.39 is 0 Å². The lowest BCUT2D eigenvalue weighted by Gasteiger charge is -2.13. The van der Waals surface area contributed by atoms with E-state index in [0.717, 1.165) is 28.3 Å². The molecule has 1 aromatic carbocycles. The topological polar surface area (TPSA) is 34.4 Å². The van der Waals surface area contributed by atoms with E-state index in [2.05, 4.69) is 34.2 Å². The first-order chi connectivity index (χ1) is 9.56. The summed E-state index contributed by atoms with van der Waals surface area (Å²) in [4.78, 5) is 0. The maximum absolute atomic E-state index is 5.68. The van der Waals surface area contributed by atoms with Gasteiger partial charge in [0.15, 0.2) is 0 Å². The molecule has 4 heteroatoms. The van der Waals surface area contributed by atoms with Gasteiger partial charge in [0.2, 0.25) is 0 Å².